The van der Waals surface area contributed by atoms with Gasteiger partial charge in [-0.05, 0) is 73.9 Å². The van der Waals surface area contributed by atoms with Crippen molar-refractivity contribution in [2.75, 3.05) is 0 Å². The Labute approximate surface area is 231 Å². The van der Waals surface area contributed by atoms with Gasteiger partial charge in [-0.3, -0.25) is 9.98 Å². The third kappa shape index (κ3) is 10.3. The van der Waals surface area contributed by atoms with Crippen molar-refractivity contribution in [3.63, 3.8) is 0 Å². The summed E-state index contributed by atoms with van der Waals surface area (Å²) in [5.41, 5.74) is 4.12. The molecule has 2 aromatic rings. The van der Waals surface area contributed by atoms with Crippen LogP contribution in [0.25, 0.3) is 0 Å². The van der Waals surface area contributed by atoms with Crippen molar-refractivity contribution < 1.29 is 10.2 Å². The standard InChI is InChI=1S/C34H50N2O2/c1-3-5-7-9-10-12-16-28-20-22-34(38)30(24-28)26-36-32-18-14-13-17-31(32)35-25-29-23-27(19-21-33(29)37)15-11-8-6-4-2/h19-26,31-32,37-38H,3-18H2,1-2H3/t31-,32-/m0/s1. The first-order valence-electron chi connectivity index (χ1n) is 15.3. The van der Waals surface area contributed by atoms with Gasteiger partial charge in [-0.25, -0.2) is 0 Å². The fourth-order valence-electron chi connectivity index (χ4n) is 5.38. The number of phenolic OH excluding ortho intramolecular Hbond substituents is 2. The Balaban J connectivity index is 1.61. The molecule has 0 bridgehead atoms. The molecule has 4 heteroatoms. The summed E-state index contributed by atoms with van der Waals surface area (Å²) in [6.07, 6.45) is 22.7. The number of aromatic hydroxyl groups is 2. The van der Waals surface area contributed by atoms with Crippen LogP contribution in [0.3, 0.4) is 0 Å². The minimum absolute atomic E-state index is 0.0981. The first kappa shape index (κ1) is 29.9. The molecule has 0 unspecified atom stereocenters. The Morgan fingerprint density at radius 2 is 1.05 bits per heavy atom. The molecule has 3 rings (SSSR count). The van der Waals surface area contributed by atoms with Crippen LogP contribution in [0, 0.1) is 0 Å². The molecule has 1 saturated carbocycles. The SMILES string of the molecule is CCCCCCCCc1ccc(O)c(C=N[C@H]2CCCC[C@@H]2N=Cc2cc(CCCCCC)ccc2O)c1. The van der Waals surface area contributed by atoms with Gasteiger partial charge in [-0.2, -0.15) is 0 Å². The first-order chi connectivity index (χ1) is 18.6. The summed E-state index contributed by atoms with van der Waals surface area (Å²) >= 11 is 0. The lowest BCUT2D eigenvalue weighted by atomic mass is 9.91. The van der Waals surface area contributed by atoms with Crippen LogP contribution in [0.2, 0.25) is 0 Å². The lowest BCUT2D eigenvalue weighted by molar-refractivity contribution is 0.390. The van der Waals surface area contributed by atoms with Gasteiger partial charge < -0.3 is 10.2 Å². The molecule has 38 heavy (non-hydrogen) atoms. The predicted molar refractivity (Wildman–Crippen MR) is 162 cm³/mol. The third-order valence-corrected chi connectivity index (χ3v) is 7.83. The summed E-state index contributed by atoms with van der Waals surface area (Å²) in [4.78, 5) is 9.82. The highest BCUT2D eigenvalue weighted by atomic mass is 16.3. The number of rotatable bonds is 16. The van der Waals surface area contributed by atoms with Crippen LogP contribution in [0.5, 0.6) is 11.5 Å². The van der Waals surface area contributed by atoms with Gasteiger partial charge in [-0.15, -0.1) is 0 Å². The van der Waals surface area contributed by atoms with E-state index in [9.17, 15) is 10.2 Å². The summed E-state index contributed by atoms with van der Waals surface area (Å²) in [6.45, 7) is 4.48. The minimum atomic E-state index is 0.0981. The number of hydrogen-bond donors (Lipinski definition) is 2. The maximum absolute atomic E-state index is 10.5. The van der Waals surface area contributed by atoms with Gasteiger partial charge in [0.15, 0.2) is 0 Å². The zero-order valence-corrected chi connectivity index (χ0v) is 23.9. The number of unbranched alkanes of at least 4 members (excludes halogenated alkanes) is 8. The molecule has 208 valence electrons. The molecule has 1 fully saturated rings. The highest BCUT2D eigenvalue weighted by molar-refractivity contribution is 5.84. The topological polar surface area (TPSA) is 65.2 Å². The molecular formula is C34H50N2O2. The highest BCUT2D eigenvalue weighted by Crippen LogP contribution is 2.26. The third-order valence-electron chi connectivity index (χ3n) is 7.83. The molecule has 1 aliphatic rings. The Bertz CT molecular complexity index is 1010. The second-order valence-electron chi connectivity index (χ2n) is 11.1. The van der Waals surface area contributed by atoms with Crippen LogP contribution in [0.15, 0.2) is 46.4 Å². The lowest BCUT2D eigenvalue weighted by Crippen LogP contribution is -2.27. The van der Waals surface area contributed by atoms with Crippen LogP contribution in [0.4, 0.5) is 0 Å². The van der Waals surface area contributed by atoms with Gasteiger partial charge in [0.05, 0.1) is 12.1 Å². The van der Waals surface area contributed by atoms with E-state index < -0.39 is 0 Å². The van der Waals surface area contributed by atoms with E-state index in [4.69, 9.17) is 9.98 Å². The van der Waals surface area contributed by atoms with Crippen LogP contribution in [0.1, 0.15) is 126 Å². The average molecular weight is 519 g/mol. The predicted octanol–water partition coefficient (Wildman–Crippen LogP) is 8.97. The summed E-state index contributed by atoms with van der Waals surface area (Å²) in [6, 6.07) is 12.0. The van der Waals surface area contributed by atoms with Crippen molar-refractivity contribution in [1.82, 2.24) is 0 Å². The van der Waals surface area contributed by atoms with E-state index in [1.807, 2.05) is 30.6 Å². The fourth-order valence-corrected chi connectivity index (χ4v) is 5.38. The average Bonchev–Trinajstić information content (AvgIpc) is 2.93. The second kappa shape index (κ2) is 17.1. The molecule has 0 spiro atoms. The van der Waals surface area contributed by atoms with Gasteiger partial charge in [-0.1, -0.05) is 90.2 Å². The van der Waals surface area contributed by atoms with Gasteiger partial charge in [0.1, 0.15) is 11.5 Å². The summed E-state index contributed by atoms with van der Waals surface area (Å²) in [5.74, 6) is 0.575. The van der Waals surface area contributed by atoms with Crippen molar-refractivity contribution in [3.05, 3.63) is 58.7 Å². The van der Waals surface area contributed by atoms with Gasteiger partial charge in [0.25, 0.3) is 0 Å². The van der Waals surface area contributed by atoms with E-state index >= 15 is 0 Å². The highest BCUT2D eigenvalue weighted by Gasteiger charge is 2.23. The van der Waals surface area contributed by atoms with E-state index in [0.717, 1.165) is 49.7 Å². The van der Waals surface area contributed by atoms with Gasteiger partial charge >= 0.3 is 0 Å². The number of nitrogens with zero attached hydrogens (tertiary/aromatic N) is 2. The molecular weight excluding hydrogens is 468 g/mol. The molecule has 2 N–H and O–H groups in total. The van der Waals surface area contributed by atoms with E-state index in [1.54, 1.807) is 6.07 Å². The molecule has 0 heterocycles. The smallest absolute Gasteiger partial charge is 0.124 e. The first-order valence-corrected chi connectivity index (χ1v) is 15.3. The number of hydrogen-bond acceptors (Lipinski definition) is 4. The molecule has 2 aromatic carbocycles. The summed E-state index contributed by atoms with van der Waals surface area (Å²) in [5, 5.41) is 20.9. The molecule has 0 aromatic heterocycles. The molecule has 0 saturated heterocycles. The van der Waals surface area contributed by atoms with Crippen LogP contribution < -0.4 is 0 Å². The van der Waals surface area contributed by atoms with E-state index in [2.05, 4.69) is 26.0 Å². The number of aliphatic imine (C=N–C) groups is 2. The largest absolute Gasteiger partial charge is 0.507 e. The Morgan fingerprint density at radius 3 is 1.53 bits per heavy atom. The van der Waals surface area contributed by atoms with Crippen LogP contribution in [-0.2, 0) is 12.8 Å². The normalized spacial score (nSPS) is 18.1. The van der Waals surface area contributed by atoms with Crippen molar-refractivity contribution in [2.24, 2.45) is 9.98 Å². The number of aryl methyl sites for hydroxylation is 2. The van der Waals surface area contributed by atoms with Crippen molar-refractivity contribution in [2.45, 2.75) is 129 Å². The van der Waals surface area contributed by atoms with E-state index in [1.165, 1.54) is 75.3 Å². The maximum Gasteiger partial charge on any atom is 0.124 e. The van der Waals surface area contributed by atoms with E-state index in [0.29, 0.717) is 0 Å². The minimum Gasteiger partial charge on any atom is -0.507 e. The number of benzene rings is 2. The van der Waals surface area contributed by atoms with Crippen LogP contribution in [-0.4, -0.2) is 34.7 Å². The molecule has 0 aliphatic heterocycles. The Kier molecular flexibility index (Phi) is 13.4. The van der Waals surface area contributed by atoms with Crippen LogP contribution >= 0.6 is 0 Å². The summed E-state index contributed by atoms with van der Waals surface area (Å²) < 4.78 is 0. The molecule has 0 amide bonds. The van der Waals surface area contributed by atoms with Crippen molar-refractivity contribution >= 4 is 12.4 Å². The second-order valence-corrected chi connectivity index (χ2v) is 11.1. The Hall–Kier alpha value is -2.62. The zero-order valence-electron chi connectivity index (χ0n) is 23.9. The Morgan fingerprint density at radius 1 is 0.632 bits per heavy atom. The quantitative estimate of drug-likeness (QED) is 0.172. The molecule has 2 atom stereocenters. The van der Waals surface area contributed by atoms with Gasteiger partial charge in [0, 0.05) is 23.6 Å². The number of phenols is 2. The van der Waals surface area contributed by atoms with Gasteiger partial charge in [0.2, 0.25) is 0 Å². The lowest BCUT2D eigenvalue weighted by Gasteiger charge is -2.25. The molecule has 4 nitrogen and oxygen atoms in total. The zero-order chi connectivity index (χ0) is 27.0. The van der Waals surface area contributed by atoms with Crippen molar-refractivity contribution in [3.8, 4) is 11.5 Å². The van der Waals surface area contributed by atoms with Crippen molar-refractivity contribution in [1.29, 1.82) is 0 Å². The monoisotopic (exact) mass is 518 g/mol. The maximum atomic E-state index is 10.5. The van der Waals surface area contributed by atoms with E-state index in [-0.39, 0.29) is 23.6 Å². The molecule has 1 aliphatic carbocycles. The molecule has 0 radical (unpaired) electrons. The summed E-state index contributed by atoms with van der Waals surface area (Å²) in [7, 11) is 0. The fraction of sp³-hybridized carbons (Fsp3) is 0.588.